The molecule has 0 atom stereocenters. The van der Waals surface area contributed by atoms with E-state index in [9.17, 15) is 31.9 Å². The fourth-order valence-corrected chi connectivity index (χ4v) is 5.30. The molecule has 1 amide bonds. The van der Waals surface area contributed by atoms with Crippen molar-refractivity contribution in [1.29, 1.82) is 0 Å². The molecule has 1 aliphatic carbocycles. The summed E-state index contributed by atoms with van der Waals surface area (Å²) >= 11 is 1.18. The van der Waals surface area contributed by atoms with E-state index in [1.165, 1.54) is 48.8 Å². The number of nitrogens with one attached hydrogen (secondary N) is 1. The van der Waals surface area contributed by atoms with Crippen LogP contribution in [-0.2, 0) is 33.3 Å². The van der Waals surface area contributed by atoms with Gasteiger partial charge >= 0.3 is 12.1 Å². The lowest BCUT2D eigenvalue weighted by molar-refractivity contribution is -0.137. The van der Waals surface area contributed by atoms with Gasteiger partial charge in [-0.1, -0.05) is 18.2 Å². The zero-order chi connectivity index (χ0) is 29.3. The van der Waals surface area contributed by atoms with E-state index in [0.717, 1.165) is 31.0 Å². The summed E-state index contributed by atoms with van der Waals surface area (Å²) in [5, 5.41) is 2.91. The molecule has 0 bridgehead atoms. The molecule has 1 aliphatic rings. The number of esters is 1. The number of benzene rings is 3. The van der Waals surface area contributed by atoms with Gasteiger partial charge in [0.2, 0.25) is 5.91 Å². The number of methoxy groups -OCH3 is 1. The fourth-order valence-electron chi connectivity index (χ4n) is 4.20. The number of anilines is 1. The van der Waals surface area contributed by atoms with E-state index >= 15 is 0 Å². The van der Waals surface area contributed by atoms with Crippen molar-refractivity contribution in [2.45, 2.75) is 31.9 Å². The molecule has 12 heteroatoms. The lowest BCUT2D eigenvalue weighted by Crippen LogP contribution is -2.16. The van der Waals surface area contributed by atoms with Gasteiger partial charge in [-0.25, -0.2) is 14.2 Å². The number of halogens is 4. The molecule has 5 rings (SSSR count). The Morgan fingerprint density at radius 3 is 2.54 bits per heavy atom. The number of thiazole rings is 1. The lowest BCUT2D eigenvalue weighted by Gasteiger charge is -2.13. The van der Waals surface area contributed by atoms with E-state index in [1.54, 1.807) is 6.07 Å². The van der Waals surface area contributed by atoms with Crippen molar-refractivity contribution in [3.8, 4) is 11.5 Å². The van der Waals surface area contributed by atoms with Crippen LogP contribution in [0, 0.1) is 11.7 Å². The molecular weight excluding hydrogens is 564 g/mol. The highest BCUT2D eigenvalue weighted by atomic mass is 32.1. The van der Waals surface area contributed by atoms with Crippen LogP contribution in [0.25, 0.3) is 10.2 Å². The van der Waals surface area contributed by atoms with Crippen molar-refractivity contribution >= 4 is 44.9 Å². The van der Waals surface area contributed by atoms with E-state index in [-0.39, 0.29) is 46.4 Å². The highest BCUT2D eigenvalue weighted by Crippen LogP contribution is 2.38. The summed E-state index contributed by atoms with van der Waals surface area (Å²) in [6.07, 6.45) is -3.07. The largest absolute Gasteiger partial charge is 0.465 e. The molecule has 1 aromatic heterocycles. The lowest BCUT2D eigenvalue weighted by atomic mass is 10.1. The van der Waals surface area contributed by atoms with Crippen molar-refractivity contribution in [2.75, 3.05) is 12.4 Å². The van der Waals surface area contributed by atoms with Crippen molar-refractivity contribution < 1.29 is 41.4 Å². The maximum Gasteiger partial charge on any atom is 0.416 e. The van der Waals surface area contributed by atoms with E-state index < -0.39 is 35.9 Å². The highest BCUT2D eigenvalue weighted by molar-refractivity contribution is 7.19. The molecule has 1 N–H and O–H groups in total. The SMILES string of the molecule is COC(=O)c1c(Oc2ccc(F)c(NC(=O)Cc3cccc(C(F)(F)F)c3)c2)ccc2nc(CC(=O)C3CC3)sc12. The van der Waals surface area contributed by atoms with E-state index in [2.05, 4.69) is 10.3 Å². The fraction of sp³-hybridized carbons (Fsp3) is 0.241. The van der Waals surface area contributed by atoms with E-state index in [1.807, 2.05) is 0 Å². The summed E-state index contributed by atoms with van der Waals surface area (Å²) < 4.78 is 64.8. The normalized spacial score (nSPS) is 13.2. The van der Waals surface area contributed by atoms with Crippen LogP contribution in [0.1, 0.15) is 39.3 Å². The van der Waals surface area contributed by atoms with Gasteiger partial charge in [-0.05, 0) is 48.7 Å². The van der Waals surface area contributed by atoms with Gasteiger partial charge in [0.15, 0.2) is 0 Å². The third-order valence-electron chi connectivity index (χ3n) is 6.37. The second-order valence-electron chi connectivity index (χ2n) is 9.47. The number of aromatic nitrogens is 1. The van der Waals surface area contributed by atoms with Crippen LogP contribution >= 0.6 is 11.3 Å². The standard InChI is InChI=1S/C29H22F4N2O5S/c1-39-28(38)26-23(10-9-20-27(26)41-25(35-20)14-22(36)16-5-6-16)40-18-7-8-19(30)21(13-18)34-24(37)12-15-3-2-4-17(11-15)29(31,32)33/h2-4,7-11,13,16H,5-6,12,14H2,1H3,(H,34,37). The third kappa shape index (κ3) is 6.54. The zero-order valence-corrected chi connectivity index (χ0v) is 22.3. The van der Waals surface area contributed by atoms with Crippen LogP contribution in [0.4, 0.5) is 23.2 Å². The first kappa shape index (κ1) is 28.2. The first-order chi connectivity index (χ1) is 19.5. The van der Waals surface area contributed by atoms with E-state index in [4.69, 9.17) is 9.47 Å². The average molecular weight is 587 g/mol. The Kier molecular flexibility index (Phi) is 7.76. The zero-order valence-electron chi connectivity index (χ0n) is 21.5. The number of amides is 1. The van der Waals surface area contributed by atoms with Crippen molar-refractivity contribution in [3.63, 3.8) is 0 Å². The van der Waals surface area contributed by atoms with Gasteiger partial charge in [-0.2, -0.15) is 13.2 Å². The average Bonchev–Trinajstić information content (AvgIpc) is 3.70. The Morgan fingerprint density at radius 2 is 1.83 bits per heavy atom. The molecule has 7 nitrogen and oxygen atoms in total. The molecule has 212 valence electrons. The Morgan fingerprint density at radius 1 is 1.05 bits per heavy atom. The first-order valence-corrected chi connectivity index (χ1v) is 13.3. The Balaban J connectivity index is 1.37. The summed E-state index contributed by atoms with van der Waals surface area (Å²) in [5.41, 5.74) is -0.497. The van der Waals surface area contributed by atoms with Crippen LogP contribution in [0.15, 0.2) is 54.6 Å². The molecule has 0 spiro atoms. The van der Waals surface area contributed by atoms with Gasteiger partial charge in [0, 0.05) is 12.0 Å². The Hall–Kier alpha value is -4.32. The number of ketones is 1. The van der Waals surface area contributed by atoms with Gasteiger partial charge in [0.25, 0.3) is 0 Å². The molecule has 0 saturated heterocycles. The summed E-state index contributed by atoms with van der Waals surface area (Å²) in [4.78, 5) is 42.0. The van der Waals surface area contributed by atoms with Gasteiger partial charge in [-0.15, -0.1) is 11.3 Å². The number of hydrogen-bond donors (Lipinski definition) is 1. The van der Waals surface area contributed by atoms with Crippen molar-refractivity contribution in [1.82, 2.24) is 4.98 Å². The molecule has 4 aromatic rings. The van der Waals surface area contributed by atoms with Crippen LogP contribution in [0.3, 0.4) is 0 Å². The number of hydrogen-bond acceptors (Lipinski definition) is 7. The summed E-state index contributed by atoms with van der Waals surface area (Å²) in [7, 11) is 1.21. The van der Waals surface area contributed by atoms with Crippen molar-refractivity contribution in [2.24, 2.45) is 5.92 Å². The molecular formula is C29H22F4N2O5S. The van der Waals surface area contributed by atoms with Gasteiger partial charge < -0.3 is 14.8 Å². The molecule has 3 aromatic carbocycles. The Bertz CT molecular complexity index is 1660. The third-order valence-corrected chi connectivity index (χ3v) is 7.46. The second-order valence-corrected chi connectivity index (χ2v) is 10.6. The minimum Gasteiger partial charge on any atom is -0.465 e. The maximum absolute atomic E-state index is 14.5. The molecule has 0 radical (unpaired) electrons. The topological polar surface area (TPSA) is 94.6 Å². The first-order valence-electron chi connectivity index (χ1n) is 12.5. The molecule has 1 saturated carbocycles. The van der Waals surface area contributed by atoms with Crippen molar-refractivity contribution in [3.05, 3.63) is 82.1 Å². The molecule has 0 aliphatic heterocycles. The van der Waals surface area contributed by atoms with E-state index in [0.29, 0.717) is 15.2 Å². The number of carbonyl (C=O) groups excluding carboxylic acids is 3. The quantitative estimate of drug-likeness (QED) is 0.173. The van der Waals surface area contributed by atoms with Crippen LogP contribution in [0.5, 0.6) is 11.5 Å². The van der Waals surface area contributed by atoms with Gasteiger partial charge in [-0.3, -0.25) is 9.59 Å². The summed E-state index contributed by atoms with van der Waals surface area (Å²) in [6, 6.07) is 10.9. The molecule has 0 unspecified atom stereocenters. The van der Waals surface area contributed by atoms with Gasteiger partial charge in [0.05, 0.1) is 41.4 Å². The highest BCUT2D eigenvalue weighted by Gasteiger charge is 2.31. The number of nitrogens with zero attached hydrogens (tertiary/aromatic N) is 1. The smallest absolute Gasteiger partial charge is 0.416 e. The number of fused-ring (bicyclic) bond motifs is 1. The minimum absolute atomic E-state index is 0.0684. The van der Waals surface area contributed by atoms with Gasteiger partial charge in [0.1, 0.15) is 33.7 Å². The van der Waals surface area contributed by atoms with Crippen LogP contribution in [0.2, 0.25) is 0 Å². The second kappa shape index (κ2) is 11.3. The Labute approximate surface area is 235 Å². The number of ether oxygens (including phenoxy) is 2. The minimum atomic E-state index is -4.56. The molecule has 1 fully saturated rings. The summed E-state index contributed by atoms with van der Waals surface area (Å²) in [5.74, 6) is -1.92. The predicted molar refractivity (Wildman–Crippen MR) is 143 cm³/mol. The number of carbonyl (C=O) groups is 3. The number of Topliss-reactive ketones (excluding diaryl/α,β-unsaturated/α-hetero) is 1. The van der Waals surface area contributed by atoms with Crippen LogP contribution in [-0.4, -0.2) is 29.8 Å². The number of alkyl halides is 3. The molecule has 41 heavy (non-hydrogen) atoms. The molecule has 1 heterocycles. The summed E-state index contributed by atoms with van der Waals surface area (Å²) in [6.45, 7) is 0. The monoisotopic (exact) mass is 586 g/mol. The number of rotatable bonds is 9. The maximum atomic E-state index is 14.5. The predicted octanol–water partition coefficient (Wildman–Crippen LogP) is 6.74. The van der Waals surface area contributed by atoms with Crippen LogP contribution < -0.4 is 10.1 Å².